The van der Waals surface area contributed by atoms with Crippen molar-refractivity contribution in [2.24, 2.45) is 17.6 Å². The van der Waals surface area contributed by atoms with Crippen LogP contribution in [0.25, 0.3) is 0 Å². The van der Waals surface area contributed by atoms with Crippen molar-refractivity contribution in [1.82, 2.24) is 9.78 Å². The van der Waals surface area contributed by atoms with E-state index in [4.69, 9.17) is 5.73 Å². The summed E-state index contributed by atoms with van der Waals surface area (Å²) in [6, 6.07) is 2.80. The Labute approximate surface area is 98.0 Å². The van der Waals surface area contributed by atoms with Crippen LogP contribution < -0.4 is 5.73 Å². The molecule has 1 aliphatic rings. The lowest BCUT2D eigenvalue weighted by Crippen LogP contribution is -2.32. The molecule has 0 amide bonds. The summed E-state index contributed by atoms with van der Waals surface area (Å²) in [5.74, 6) is 1.52. The van der Waals surface area contributed by atoms with E-state index in [1.54, 1.807) is 0 Å². The molecule has 3 heteroatoms. The number of hydrogen-bond acceptors (Lipinski definition) is 2. The number of nitrogens with zero attached hydrogens (tertiary/aromatic N) is 2. The lowest BCUT2D eigenvalue weighted by atomic mass is 9.94. The molecule has 1 saturated carbocycles. The van der Waals surface area contributed by atoms with Gasteiger partial charge in [0.05, 0.1) is 5.69 Å². The fraction of sp³-hybridized carbons (Fsp3) is 0.769. The summed E-state index contributed by atoms with van der Waals surface area (Å²) in [5.41, 5.74) is 7.36. The van der Waals surface area contributed by atoms with E-state index in [9.17, 15) is 0 Å². The number of hydrogen-bond donors (Lipinski definition) is 1. The second kappa shape index (κ2) is 4.58. The molecular formula is C13H23N3. The molecule has 2 unspecified atom stereocenters. The third-order valence-electron chi connectivity index (χ3n) is 3.68. The maximum absolute atomic E-state index is 6.23. The molecule has 1 heterocycles. The van der Waals surface area contributed by atoms with Crippen molar-refractivity contribution in [3.8, 4) is 0 Å². The zero-order valence-electron chi connectivity index (χ0n) is 10.6. The molecule has 90 valence electrons. The van der Waals surface area contributed by atoms with E-state index in [-0.39, 0.29) is 6.04 Å². The van der Waals surface area contributed by atoms with Crippen LogP contribution in [0.3, 0.4) is 0 Å². The molecule has 1 fully saturated rings. The van der Waals surface area contributed by atoms with Crippen molar-refractivity contribution in [2.45, 2.75) is 52.1 Å². The minimum Gasteiger partial charge on any atom is -0.327 e. The quantitative estimate of drug-likeness (QED) is 0.829. The predicted octanol–water partition coefficient (Wildman–Crippen LogP) is 2.38. The van der Waals surface area contributed by atoms with Gasteiger partial charge in [-0.15, -0.1) is 0 Å². The average molecular weight is 221 g/mol. The standard InChI is InChI=1S/C13H23N3/c1-9(2)16-7-6-12(15-16)8-13(14)10(3)11-4-5-11/h6-7,9-11,13H,4-5,8,14H2,1-3H3. The number of aromatic nitrogens is 2. The molecular weight excluding hydrogens is 198 g/mol. The van der Waals surface area contributed by atoms with Gasteiger partial charge in [0, 0.05) is 24.7 Å². The van der Waals surface area contributed by atoms with E-state index >= 15 is 0 Å². The summed E-state index contributed by atoms with van der Waals surface area (Å²) in [6.45, 7) is 6.56. The van der Waals surface area contributed by atoms with E-state index < -0.39 is 0 Å². The zero-order valence-corrected chi connectivity index (χ0v) is 10.6. The molecule has 0 saturated heterocycles. The minimum absolute atomic E-state index is 0.267. The summed E-state index contributed by atoms with van der Waals surface area (Å²) >= 11 is 0. The average Bonchev–Trinajstić information content (AvgIpc) is 2.97. The highest BCUT2D eigenvalue weighted by Crippen LogP contribution is 2.38. The molecule has 0 spiro atoms. The van der Waals surface area contributed by atoms with Gasteiger partial charge in [-0.3, -0.25) is 4.68 Å². The van der Waals surface area contributed by atoms with Crippen LogP contribution in [0.1, 0.15) is 45.3 Å². The summed E-state index contributed by atoms with van der Waals surface area (Å²) in [6.07, 6.45) is 5.70. The summed E-state index contributed by atoms with van der Waals surface area (Å²) in [5, 5.41) is 4.55. The third kappa shape index (κ3) is 2.64. The largest absolute Gasteiger partial charge is 0.327 e. The highest BCUT2D eigenvalue weighted by Gasteiger charge is 2.31. The Kier molecular flexibility index (Phi) is 3.33. The van der Waals surface area contributed by atoms with Crippen molar-refractivity contribution in [1.29, 1.82) is 0 Å². The Balaban J connectivity index is 1.91. The summed E-state index contributed by atoms with van der Waals surface area (Å²) < 4.78 is 2.00. The van der Waals surface area contributed by atoms with Gasteiger partial charge in [0.1, 0.15) is 0 Å². The smallest absolute Gasteiger partial charge is 0.0640 e. The molecule has 2 atom stereocenters. The van der Waals surface area contributed by atoms with Gasteiger partial charge in [-0.1, -0.05) is 6.92 Å². The highest BCUT2D eigenvalue weighted by molar-refractivity contribution is 5.03. The lowest BCUT2D eigenvalue weighted by molar-refractivity contribution is 0.399. The van der Waals surface area contributed by atoms with Crippen molar-refractivity contribution in [2.75, 3.05) is 0 Å². The maximum atomic E-state index is 6.23. The predicted molar refractivity (Wildman–Crippen MR) is 66.2 cm³/mol. The van der Waals surface area contributed by atoms with Crippen molar-refractivity contribution < 1.29 is 0 Å². The topological polar surface area (TPSA) is 43.8 Å². The first-order chi connectivity index (χ1) is 7.58. The van der Waals surface area contributed by atoms with Gasteiger partial charge in [-0.2, -0.15) is 5.10 Å². The molecule has 0 aromatic carbocycles. The summed E-state index contributed by atoms with van der Waals surface area (Å²) in [4.78, 5) is 0. The van der Waals surface area contributed by atoms with Crippen LogP contribution in [0.4, 0.5) is 0 Å². The Morgan fingerprint density at radius 2 is 2.12 bits per heavy atom. The molecule has 0 bridgehead atoms. The minimum atomic E-state index is 0.267. The lowest BCUT2D eigenvalue weighted by Gasteiger charge is -2.18. The van der Waals surface area contributed by atoms with Crippen LogP contribution in [0.15, 0.2) is 12.3 Å². The second-order valence-corrected chi connectivity index (χ2v) is 5.45. The van der Waals surface area contributed by atoms with Crippen LogP contribution >= 0.6 is 0 Å². The van der Waals surface area contributed by atoms with Crippen LogP contribution in [-0.4, -0.2) is 15.8 Å². The van der Waals surface area contributed by atoms with Crippen molar-refractivity contribution >= 4 is 0 Å². The molecule has 1 aliphatic carbocycles. The monoisotopic (exact) mass is 221 g/mol. The molecule has 1 aromatic rings. The van der Waals surface area contributed by atoms with Crippen molar-refractivity contribution in [3.63, 3.8) is 0 Å². The van der Waals surface area contributed by atoms with E-state index in [1.807, 2.05) is 4.68 Å². The summed E-state index contributed by atoms with van der Waals surface area (Å²) in [7, 11) is 0. The number of rotatable bonds is 5. The third-order valence-corrected chi connectivity index (χ3v) is 3.68. The Morgan fingerprint density at radius 3 is 2.62 bits per heavy atom. The molecule has 2 N–H and O–H groups in total. The van der Waals surface area contributed by atoms with Gasteiger partial charge in [0.15, 0.2) is 0 Å². The first kappa shape index (κ1) is 11.6. The molecule has 0 aliphatic heterocycles. The molecule has 16 heavy (non-hydrogen) atoms. The molecule has 1 aromatic heterocycles. The Hall–Kier alpha value is -0.830. The van der Waals surface area contributed by atoms with Gasteiger partial charge in [0.25, 0.3) is 0 Å². The van der Waals surface area contributed by atoms with Gasteiger partial charge in [-0.25, -0.2) is 0 Å². The second-order valence-electron chi connectivity index (χ2n) is 5.45. The van der Waals surface area contributed by atoms with Gasteiger partial charge in [-0.05, 0) is 44.6 Å². The normalized spacial score (nSPS) is 20.1. The van der Waals surface area contributed by atoms with E-state index in [1.165, 1.54) is 12.8 Å². The fourth-order valence-corrected chi connectivity index (χ4v) is 2.17. The van der Waals surface area contributed by atoms with Crippen LogP contribution in [0, 0.1) is 11.8 Å². The van der Waals surface area contributed by atoms with E-state index in [0.29, 0.717) is 12.0 Å². The first-order valence-corrected chi connectivity index (χ1v) is 6.37. The Morgan fingerprint density at radius 1 is 1.44 bits per heavy atom. The van der Waals surface area contributed by atoms with Gasteiger partial charge >= 0.3 is 0 Å². The molecule has 0 radical (unpaired) electrons. The Bertz CT molecular complexity index is 339. The fourth-order valence-electron chi connectivity index (χ4n) is 2.17. The maximum Gasteiger partial charge on any atom is 0.0640 e. The van der Waals surface area contributed by atoms with Gasteiger partial charge < -0.3 is 5.73 Å². The van der Waals surface area contributed by atoms with E-state index in [2.05, 4.69) is 38.1 Å². The van der Waals surface area contributed by atoms with E-state index in [0.717, 1.165) is 18.0 Å². The highest BCUT2D eigenvalue weighted by atomic mass is 15.3. The molecule has 2 rings (SSSR count). The first-order valence-electron chi connectivity index (χ1n) is 6.37. The van der Waals surface area contributed by atoms with Crippen LogP contribution in [-0.2, 0) is 6.42 Å². The van der Waals surface area contributed by atoms with Crippen LogP contribution in [0.2, 0.25) is 0 Å². The van der Waals surface area contributed by atoms with Crippen molar-refractivity contribution in [3.05, 3.63) is 18.0 Å². The van der Waals surface area contributed by atoms with Crippen LogP contribution in [0.5, 0.6) is 0 Å². The molecule has 3 nitrogen and oxygen atoms in total. The van der Waals surface area contributed by atoms with Gasteiger partial charge in [0.2, 0.25) is 0 Å². The zero-order chi connectivity index (χ0) is 11.7. The SMILES string of the molecule is CC(C(N)Cc1ccn(C(C)C)n1)C1CC1. The number of nitrogens with two attached hydrogens (primary N) is 1.